The molecular formula is C10H17IO3. The molecule has 0 N–H and O–H groups in total. The Morgan fingerprint density at radius 1 is 1.36 bits per heavy atom. The molecule has 1 aliphatic carbocycles. The number of hydrogen-bond acceptors (Lipinski definition) is 3. The fraction of sp³-hybridized carbons (Fsp3) is 0.900. The maximum Gasteiger partial charge on any atom is 0.509 e. The Balaban J connectivity index is 2.20. The molecule has 14 heavy (non-hydrogen) atoms. The lowest BCUT2D eigenvalue weighted by atomic mass is 9.89. The highest BCUT2D eigenvalue weighted by Crippen LogP contribution is 2.25. The predicted molar refractivity (Wildman–Crippen MR) is 62.5 cm³/mol. The Morgan fingerprint density at radius 3 is 2.43 bits per heavy atom. The van der Waals surface area contributed by atoms with Gasteiger partial charge in [-0.3, -0.25) is 0 Å². The third-order valence-corrected chi connectivity index (χ3v) is 2.74. The Kier molecular flexibility index (Phi) is 4.98. The number of alkyl halides is 1. The van der Waals surface area contributed by atoms with Crippen LogP contribution in [0.1, 0.15) is 39.5 Å². The standard InChI is InChI=1S/C10H17IO3/c1-7-3-5-9(6-4-7)14-10(12)13-8(2)11/h7-9H,3-6H2,1-2H3. The van der Waals surface area contributed by atoms with Gasteiger partial charge in [0.15, 0.2) is 4.11 Å². The van der Waals surface area contributed by atoms with Crippen LogP contribution < -0.4 is 0 Å². The summed E-state index contributed by atoms with van der Waals surface area (Å²) in [7, 11) is 0. The van der Waals surface area contributed by atoms with Crippen molar-refractivity contribution in [1.29, 1.82) is 0 Å². The summed E-state index contributed by atoms with van der Waals surface area (Å²) in [6, 6.07) is 0. The molecular weight excluding hydrogens is 295 g/mol. The van der Waals surface area contributed by atoms with E-state index in [1.165, 1.54) is 0 Å². The van der Waals surface area contributed by atoms with Crippen molar-refractivity contribution in [3.8, 4) is 0 Å². The molecule has 0 saturated heterocycles. The maximum atomic E-state index is 11.2. The van der Waals surface area contributed by atoms with Gasteiger partial charge in [-0.1, -0.05) is 6.92 Å². The first-order valence-corrected chi connectivity index (χ1v) is 6.34. The van der Waals surface area contributed by atoms with Gasteiger partial charge in [-0.2, -0.15) is 0 Å². The van der Waals surface area contributed by atoms with Crippen LogP contribution in [0.2, 0.25) is 0 Å². The molecule has 0 spiro atoms. The summed E-state index contributed by atoms with van der Waals surface area (Å²) < 4.78 is 9.97. The van der Waals surface area contributed by atoms with E-state index < -0.39 is 6.16 Å². The second-order valence-electron chi connectivity index (χ2n) is 3.91. The molecule has 0 amide bonds. The number of rotatable bonds is 2. The highest BCUT2D eigenvalue weighted by atomic mass is 127. The van der Waals surface area contributed by atoms with E-state index in [1.807, 2.05) is 29.5 Å². The zero-order valence-corrected chi connectivity index (χ0v) is 10.8. The van der Waals surface area contributed by atoms with Gasteiger partial charge in [-0.15, -0.1) is 0 Å². The minimum atomic E-state index is -0.522. The molecule has 0 aromatic heterocycles. The van der Waals surface area contributed by atoms with Gasteiger partial charge in [-0.05, 0) is 61.1 Å². The molecule has 0 aromatic rings. The Bertz CT molecular complexity index is 186. The third kappa shape index (κ3) is 4.48. The summed E-state index contributed by atoms with van der Waals surface area (Å²) in [6.45, 7) is 4.05. The van der Waals surface area contributed by atoms with E-state index in [0.29, 0.717) is 0 Å². The Hall–Kier alpha value is 0. The molecule has 1 unspecified atom stereocenters. The topological polar surface area (TPSA) is 35.5 Å². The van der Waals surface area contributed by atoms with Gasteiger partial charge in [-0.25, -0.2) is 4.79 Å². The number of hydrogen-bond donors (Lipinski definition) is 0. The van der Waals surface area contributed by atoms with Crippen molar-refractivity contribution in [3.05, 3.63) is 0 Å². The first kappa shape index (κ1) is 12.1. The molecule has 0 bridgehead atoms. The minimum absolute atomic E-state index is 0.0776. The lowest BCUT2D eigenvalue weighted by Gasteiger charge is -2.25. The van der Waals surface area contributed by atoms with Gasteiger partial charge in [0.1, 0.15) is 6.10 Å². The number of carbonyl (C=O) groups is 1. The molecule has 0 radical (unpaired) electrons. The van der Waals surface area contributed by atoms with E-state index in [4.69, 9.17) is 9.47 Å². The van der Waals surface area contributed by atoms with Crippen LogP contribution in [0.15, 0.2) is 0 Å². The zero-order chi connectivity index (χ0) is 10.6. The van der Waals surface area contributed by atoms with Crippen LogP contribution >= 0.6 is 22.6 Å². The normalized spacial score (nSPS) is 29.4. The molecule has 0 heterocycles. The molecule has 3 nitrogen and oxygen atoms in total. The highest BCUT2D eigenvalue weighted by molar-refractivity contribution is 14.1. The van der Waals surface area contributed by atoms with E-state index in [2.05, 4.69) is 6.92 Å². The van der Waals surface area contributed by atoms with Crippen molar-refractivity contribution < 1.29 is 14.3 Å². The van der Waals surface area contributed by atoms with Crippen molar-refractivity contribution in [1.82, 2.24) is 0 Å². The first-order chi connectivity index (χ1) is 6.58. The van der Waals surface area contributed by atoms with Crippen LogP contribution in [0.4, 0.5) is 4.79 Å². The molecule has 1 fully saturated rings. The van der Waals surface area contributed by atoms with Crippen LogP contribution in [0.5, 0.6) is 0 Å². The fourth-order valence-corrected chi connectivity index (χ4v) is 1.85. The van der Waals surface area contributed by atoms with Crippen LogP contribution in [0.3, 0.4) is 0 Å². The summed E-state index contributed by atoms with van der Waals surface area (Å²) >= 11 is 2.03. The van der Waals surface area contributed by atoms with Gasteiger partial charge < -0.3 is 9.47 Å². The highest BCUT2D eigenvalue weighted by Gasteiger charge is 2.22. The lowest BCUT2D eigenvalue weighted by Crippen LogP contribution is -2.24. The second kappa shape index (κ2) is 5.78. The summed E-state index contributed by atoms with van der Waals surface area (Å²) in [5, 5.41) is 0. The second-order valence-corrected chi connectivity index (χ2v) is 5.66. The largest absolute Gasteiger partial charge is 0.509 e. The molecule has 1 rings (SSSR count). The van der Waals surface area contributed by atoms with Crippen LogP contribution in [-0.2, 0) is 9.47 Å². The number of ether oxygens (including phenoxy) is 2. The SMILES string of the molecule is CC1CCC(OC(=O)OC(C)I)CC1. The predicted octanol–water partition coefficient (Wildman–Crippen LogP) is 3.50. The van der Waals surface area contributed by atoms with Crippen molar-refractivity contribution >= 4 is 28.7 Å². The van der Waals surface area contributed by atoms with Gasteiger partial charge in [0.25, 0.3) is 0 Å². The molecule has 1 aliphatic rings. The van der Waals surface area contributed by atoms with Crippen LogP contribution in [0.25, 0.3) is 0 Å². The summed E-state index contributed by atoms with van der Waals surface area (Å²) in [4.78, 5) is 11.2. The Labute approximate surface area is 98.7 Å². The quantitative estimate of drug-likeness (QED) is 0.445. The van der Waals surface area contributed by atoms with Gasteiger partial charge in [0.05, 0.1) is 0 Å². The Morgan fingerprint density at radius 2 is 1.93 bits per heavy atom. The van der Waals surface area contributed by atoms with Crippen molar-refractivity contribution in [2.45, 2.75) is 49.7 Å². The monoisotopic (exact) mass is 312 g/mol. The van der Waals surface area contributed by atoms with E-state index >= 15 is 0 Å². The average Bonchev–Trinajstić information content (AvgIpc) is 2.07. The van der Waals surface area contributed by atoms with Crippen LogP contribution in [0, 0.1) is 5.92 Å². The van der Waals surface area contributed by atoms with Crippen molar-refractivity contribution in [2.75, 3.05) is 0 Å². The van der Waals surface area contributed by atoms with E-state index in [9.17, 15) is 4.79 Å². The smallest absolute Gasteiger partial charge is 0.431 e. The summed E-state index contributed by atoms with van der Waals surface area (Å²) in [6.07, 6.45) is 3.81. The zero-order valence-electron chi connectivity index (χ0n) is 8.66. The lowest BCUT2D eigenvalue weighted by molar-refractivity contribution is 0.00631. The third-order valence-electron chi connectivity index (χ3n) is 2.48. The molecule has 1 saturated carbocycles. The summed E-state index contributed by atoms with van der Waals surface area (Å²) in [5.74, 6) is 0.773. The molecule has 0 aliphatic heterocycles. The average molecular weight is 312 g/mol. The van der Waals surface area contributed by atoms with Crippen molar-refractivity contribution in [3.63, 3.8) is 0 Å². The van der Waals surface area contributed by atoms with E-state index in [0.717, 1.165) is 31.6 Å². The summed E-state index contributed by atoms with van der Waals surface area (Å²) in [5.41, 5.74) is 0. The van der Waals surface area contributed by atoms with E-state index in [1.54, 1.807) is 0 Å². The maximum absolute atomic E-state index is 11.2. The first-order valence-electron chi connectivity index (χ1n) is 5.09. The molecule has 0 aromatic carbocycles. The number of halogens is 1. The number of carbonyl (C=O) groups excluding carboxylic acids is 1. The van der Waals surface area contributed by atoms with Gasteiger partial charge in [0.2, 0.25) is 0 Å². The van der Waals surface area contributed by atoms with Crippen LogP contribution in [-0.4, -0.2) is 16.4 Å². The van der Waals surface area contributed by atoms with Gasteiger partial charge >= 0.3 is 6.16 Å². The van der Waals surface area contributed by atoms with Gasteiger partial charge in [0, 0.05) is 0 Å². The van der Waals surface area contributed by atoms with Crippen molar-refractivity contribution in [2.24, 2.45) is 5.92 Å². The molecule has 82 valence electrons. The minimum Gasteiger partial charge on any atom is -0.431 e. The molecule has 1 atom stereocenters. The van der Waals surface area contributed by atoms with E-state index in [-0.39, 0.29) is 10.2 Å². The molecule has 4 heteroatoms. The fourth-order valence-electron chi connectivity index (χ4n) is 1.64.